The first kappa shape index (κ1) is 21.9. The van der Waals surface area contributed by atoms with E-state index >= 15 is 0 Å². The monoisotopic (exact) mass is 314 g/mol. The SMILES string of the molecule is CCCCCCCCCCCCCCCCCC[N+](C)(C)O. The fourth-order valence-electron chi connectivity index (χ4n) is 3.05. The minimum Gasteiger partial charge on any atom is -0.217 e. The minimum atomic E-state index is 0.124. The van der Waals surface area contributed by atoms with Gasteiger partial charge in [-0.15, -0.1) is 0 Å². The molecule has 0 aromatic heterocycles. The van der Waals surface area contributed by atoms with Crippen LogP contribution in [0.2, 0.25) is 0 Å². The van der Waals surface area contributed by atoms with Gasteiger partial charge in [-0.05, 0) is 12.8 Å². The lowest BCUT2D eigenvalue weighted by molar-refractivity contribution is -1.07. The van der Waals surface area contributed by atoms with Gasteiger partial charge in [0.1, 0.15) is 6.54 Å². The van der Waals surface area contributed by atoms with E-state index in [9.17, 15) is 5.21 Å². The van der Waals surface area contributed by atoms with Crippen molar-refractivity contribution in [3.05, 3.63) is 0 Å². The lowest BCUT2D eigenvalue weighted by Crippen LogP contribution is -2.36. The number of hydrogen-bond donors (Lipinski definition) is 1. The Labute approximate surface area is 140 Å². The normalized spacial score (nSPS) is 12.0. The fourth-order valence-corrected chi connectivity index (χ4v) is 3.05. The summed E-state index contributed by atoms with van der Waals surface area (Å²) in [5.74, 6) is 0. The Kier molecular flexibility index (Phi) is 15.7. The summed E-state index contributed by atoms with van der Waals surface area (Å²) in [6.45, 7) is 3.17. The molecule has 0 fully saturated rings. The van der Waals surface area contributed by atoms with Crippen LogP contribution in [0.5, 0.6) is 0 Å². The van der Waals surface area contributed by atoms with Gasteiger partial charge in [0.25, 0.3) is 0 Å². The third-order valence-corrected chi connectivity index (χ3v) is 4.56. The zero-order chi connectivity index (χ0) is 16.5. The molecule has 0 aromatic carbocycles. The first-order valence-electron chi connectivity index (χ1n) is 10.1. The van der Waals surface area contributed by atoms with Crippen molar-refractivity contribution in [2.45, 2.75) is 110 Å². The van der Waals surface area contributed by atoms with Crippen molar-refractivity contribution in [2.24, 2.45) is 0 Å². The van der Waals surface area contributed by atoms with E-state index < -0.39 is 0 Å². The van der Waals surface area contributed by atoms with Crippen molar-refractivity contribution in [2.75, 3.05) is 20.6 Å². The molecule has 0 amide bonds. The molecule has 2 nitrogen and oxygen atoms in total. The van der Waals surface area contributed by atoms with Crippen molar-refractivity contribution in [3.63, 3.8) is 0 Å². The number of unbranched alkanes of at least 4 members (excludes halogenated alkanes) is 15. The van der Waals surface area contributed by atoms with E-state index in [1.54, 1.807) is 0 Å². The van der Waals surface area contributed by atoms with E-state index in [4.69, 9.17) is 0 Å². The Balaban J connectivity index is 3.00. The number of hydrogen-bond acceptors (Lipinski definition) is 1. The van der Waals surface area contributed by atoms with Crippen LogP contribution in [0.3, 0.4) is 0 Å². The molecule has 0 spiro atoms. The molecule has 0 aromatic rings. The largest absolute Gasteiger partial charge is 0.217 e. The molecule has 134 valence electrons. The summed E-state index contributed by atoms with van der Waals surface area (Å²) in [5, 5.41) is 9.57. The first-order chi connectivity index (χ1) is 10.6. The smallest absolute Gasteiger partial charge is 0.108 e. The van der Waals surface area contributed by atoms with E-state index in [1.807, 2.05) is 14.1 Å². The molecule has 0 aliphatic heterocycles. The van der Waals surface area contributed by atoms with Crippen LogP contribution in [0.25, 0.3) is 0 Å². The Morgan fingerprint density at radius 2 is 0.773 bits per heavy atom. The maximum atomic E-state index is 9.57. The van der Waals surface area contributed by atoms with Gasteiger partial charge in [0.05, 0.1) is 14.1 Å². The van der Waals surface area contributed by atoms with Crippen LogP contribution in [0.1, 0.15) is 110 Å². The zero-order valence-corrected chi connectivity index (χ0v) is 15.9. The topological polar surface area (TPSA) is 20.2 Å². The predicted molar refractivity (Wildman–Crippen MR) is 98.3 cm³/mol. The highest BCUT2D eigenvalue weighted by Crippen LogP contribution is 2.13. The van der Waals surface area contributed by atoms with Gasteiger partial charge < -0.3 is 0 Å². The van der Waals surface area contributed by atoms with E-state index in [2.05, 4.69) is 6.92 Å². The first-order valence-corrected chi connectivity index (χ1v) is 10.1. The third kappa shape index (κ3) is 19.9. The number of nitrogens with zero attached hydrogens (tertiary/aromatic N) is 1. The molecule has 0 bridgehead atoms. The van der Waals surface area contributed by atoms with Crippen molar-refractivity contribution >= 4 is 0 Å². The second kappa shape index (κ2) is 15.8. The molecule has 1 N–H and O–H groups in total. The van der Waals surface area contributed by atoms with Crippen LogP contribution in [0, 0.1) is 0 Å². The van der Waals surface area contributed by atoms with Crippen molar-refractivity contribution in [3.8, 4) is 0 Å². The van der Waals surface area contributed by atoms with Gasteiger partial charge in [-0.3, -0.25) is 0 Å². The van der Waals surface area contributed by atoms with Crippen LogP contribution < -0.4 is 0 Å². The molecule has 0 rings (SSSR count). The van der Waals surface area contributed by atoms with Crippen LogP contribution in [0.15, 0.2) is 0 Å². The maximum Gasteiger partial charge on any atom is 0.108 e. The van der Waals surface area contributed by atoms with Crippen molar-refractivity contribution < 1.29 is 9.85 Å². The quantitative estimate of drug-likeness (QED) is 0.180. The highest BCUT2D eigenvalue weighted by molar-refractivity contribution is 4.49. The molecule has 0 unspecified atom stereocenters. The number of rotatable bonds is 17. The van der Waals surface area contributed by atoms with E-state index in [1.165, 1.54) is 96.3 Å². The van der Waals surface area contributed by atoms with Crippen molar-refractivity contribution in [1.82, 2.24) is 0 Å². The van der Waals surface area contributed by atoms with Crippen molar-refractivity contribution in [1.29, 1.82) is 0 Å². The standard InChI is InChI=1S/C20H44NO/c1-4-5-6-7-8-9-10-11-12-13-14-15-16-17-18-19-20-21(2,3)22/h22H,4-20H2,1-3H3/q+1. The summed E-state index contributed by atoms with van der Waals surface area (Å²) in [6.07, 6.45) is 22.4. The molecule has 0 aliphatic rings. The highest BCUT2D eigenvalue weighted by atomic mass is 16.5. The Hall–Kier alpha value is -0.0800. The highest BCUT2D eigenvalue weighted by Gasteiger charge is 2.08. The molecular weight excluding hydrogens is 270 g/mol. The second-order valence-electron chi connectivity index (χ2n) is 7.65. The molecule has 0 atom stereocenters. The van der Waals surface area contributed by atoms with E-state index in [0.29, 0.717) is 0 Å². The van der Waals surface area contributed by atoms with E-state index in [-0.39, 0.29) is 4.65 Å². The van der Waals surface area contributed by atoms with Gasteiger partial charge in [-0.1, -0.05) is 96.8 Å². The molecule has 0 heterocycles. The van der Waals surface area contributed by atoms with Gasteiger partial charge in [0, 0.05) is 0 Å². The number of quaternary nitrogens is 1. The van der Waals surface area contributed by atoms with Gasteiger partial charge >= 0.3 is 0 Å². The third-order valence-electron chi connectivity index (χ3n) is 4.56. The summed E-state index contributed by atoms with van der Waals surface area (Å²) in [4.78, 5) is 0. The average molecular weight is 315 g/mol. The zero-order valence-electron chi connectivity index (χ0n) is 15.9. The van der Waals surface area contributed by atoms with Crippen LogP contribution in [-0.2, 0) is 0 Å². The van der Waals surface area contributed by atoms with E-state index in [0.717, 1.165) is 13.0 Å². The summed E-state index contributed by atoms with van der Waals surface area (Å²) < 4.78 is 0.124. The maximum absolute atomic E-state index is 9.57. The van der Waals surface area contributed by atoms with Gasteiger partial charge in [-0.2, -0.15) is 4.65 Å². The van der Waals surface area contributed by atoms with Crippen LogP contribution in [-0.4, -0.2) is 30.5 Å². The summed E-state index contributed by atoms with van der Waals surface area (Å²) in [6, 6.07) is 0. The van der Waals surface area contributed by atoms with Gasteiger partial charge in [0.2, 0.25) is 0 Å². The van der Waals surface area contributed by atoms with Gasteiger partial charge in [-0.25, -0.2) is 5.21 Å². The lowest BCUT2D eigenvalue weighted by atomic mass is 10.0. The molecule has 2 heteroatoms. The predicted octanol–water partition coefficient (Wildman–Crippen LogP) is 6.71. The molecular formula is C20H44NO+. The summed E-state index contributed by atoms with van der Waals surface area (Å²) >= 11 is 0. The average Bonchev–Trinajstić information content (AvgIpc) is 2.45. The molecule has 0 radical (unpaired) electrons. The lowest BCUT2D eigenvalue weighted by Gasteiger charge is -2.18. The summed E-state index contributed by atoms with van der Waals surface area (Å²) in [5.41, 5.74) is 0. The Morgan fingerprint density at radius 1 is 0.500 bits per heavy atom. The molecule has 0 saturated carbocycles. The summed E-state index contributed by atoms with van der Waals surface area (Å²) in [7, 11) is 3.70. The van der Waals surface area contributed by atoms with Crippen LogP contribution in [0.4, 0.5) is 0 Å². The minimum absolute atomic E-state index is 0.124. The fraction of sp³-hybridized carbons (Fsp3) is 1.00. The molecule has 22 heavy (non-hydrogen) atoms. The van der Waals surface area contributed by atoms with Crippen LogP contribution >= 0.6 is 0 Å². The Morgan fingerprint density at radius 3 is 1.05 bits per heavy atom. The molecule has 0 saturated heterocycles. The number of hydroxylamine groups is 3. The second-order valence-corrected chi connectivity index (χ2v) is 7.65. The Bertz CT molecular complexity index is 210. The van der Waals surface area contributed by atoms with Gasteiger partial charge in [0.15, 0.2) is 0 Å². The molecule has 0 aliphatic carbocycles.